The summed E-state index contributed by atoms with van der Waals surface area (Å²) in [6.07, 6.45) is 0.344. The van der Waals surface area contributed by atoms with Crippen LogP contribution in [0, 0.1) is 6.92 Å². The van der Waals surface area contributed by atoms with Crippen LogP contribution in [0.1, 0.15) is 27.0 Å². The largest absolute Gasteiger partial charge is 0.416 e. The van der Waals surface area contributed by atoms with Gasteiger partial charge in [0.1, 0.15) is 5.82 Å². The van der Waals surface area contributed by atoms with Crippen LogP contribution in [0.2, 0.25) is 0 Å². The first kappa shape index (κ1) is 19.3. The van der Waals surface area contributed by atoms with E-state index in [-0.39, 0.29) is 16.8 Å². The topological polar surface area (TPSA) is 66.9 Å². The van der Waals surface area contributed by atoms with Crippen LogP contribution in [0.4, 0.5) is 24.7 Å². The van der Waals surface area contributed by atoms with E-state index >= 15 is 0 Å². The SMILES string of the molecule is Cc1c(NC(=O)c2cccnc2NCc2ccncc2)cccc1C(F)(F)F. The lowest BCUT2D eigenvalue weighted by Crippen LogP contribution is -2.17. The monoisotopic (exact) mass is 386 g/mol. The molecule has 0 aliphatic heterocycles. The van der Waals surface area contributed by atoms with Crippen molar-refractivity contribution in [1.82, 2.24) is 9.97 Å². The van der Waals surface area contributed by atoms with Crippen LogP contribution in [-0.2, 0) is 12.7 Å². The van der Waals surface area contributed by atoms with E-state index in [9.17, 15) is 18.0 Å². The zero-order valence-electron chi connectivity index (χ0n) is 14.9. The van der Waals surface area contributed by atoms with Gasteiger partial charge in [-0.2, -0.15) is 13.2 Å². The molecule has 3 aromatic rings. The fourth-order valence-corrected chi connectivity index (χ4v) is 2.68. The molecule has 0 unspecified atom stereocenters. The number of halogens is 3. The van der Waals surface area contributed by atoms with Crippen LogP contribution in [-0.4, -0.2) is 15.9 Å². The number of hydrogen-bond acceptors (Lipinski definition) is 4. The molecule has 0 aliphatic rings. The molecule has 0 atom stereocenters. The maximum absolute atomic E-state index is 13.1. The maximum Gasteiger partial charge on any atom is 0.416 e. The fourth-order valence-electron chi connectivity index (χ4n) is 2.68. The lowest BCUT2D eigenvalue weighted by Gasteiger charge is -2.15. The quantitative estimate of drug-likeness (QED) is 0.669. The zero-order valence-corrected chi connectivity index (χ0v) is 14.9. The molecule has 2 aromatic heterocycles. The second-order valence-corrected chi connectivity index (χ2v) is 6.04. The highest BCUT2D eigenvalue weighted by Crippen LogP contribution is 2.34. The van der Waals surface area contributed by atoms with Gasteiger partial charge in [0.2, 0.25) is 0 Å². The Bertz CT molecular complexity index is 975. The van der Waals surface area contributed by atoms with Crippen molar-refractivity contribution in [1.29, 1.82) is 0 Å². The minimum absolute atomic E-state index is 0.0430. The number of carbonyl (C=O) groups is 1. The van der Waals surface area contributed by atoms with Crippen molar-refractivity contribution >= 4 is 17.4 Å². The average molecular weight is 386 g/mol. The summed E-state index contributed by atoms with van der Waals surface area (Å²) >= 11 is 0. The second kappa shape index (κ2) is 8.08. The third-order valence-electron chi connectivity index (χ3n) is 4.15. The molecule has 5 nitrogen and oxygen atoms in total. The van der Waals surface area contributed by atoms with Gasteiger partial charge in [-0.15, -0.1) is 0 Å². The number of amides is 1. The summed E-state index contributed by atoms with van der Waals surface area (Å²) < 4.78 is 39.2. The van der Waals surface area contributed by atoms with Crippen molar-refractivity contribution in [2.24, 2.45) is 0 Å². The van der Waals surface area contributed by atoms with Crippen LogP contribution in [0.5, 0.6) is 0 Å². The highest BCUT2D eigenvalue weighted by Gasteiger charge is 2.33. The Kier molecular flexibility index (Phi) is 5.58. The van der Waals surface area contributed by atoms with Gasteiger partial charge in [0, 0.05) is 30.8 Å². The molecule has 144 valence electrons. The van der Waals surface area contributed by atoms with Crippen LogP contribution < -0.4 is 10.6 Å². The normalized spacial score (nSPS) is 11.1. The average Bonchev–Trinajstić information content (AvgIpc) is 2.68. The number of carbonyl (C=O) groups excluding carboxylic acids is 1. The molecular weight excluding hydrogens is 369 g/mol. The summed E-state index contributed by atoms with van der Waals surface area (Å²) in [6, 6.07) is 10.5. The summed E-state index contributed by atoms with van der Waals surface area (Å²) in [5, 5.41) is 5.62. The summed E-state index contributed by atoms with van der Waals surface area (Å²) in [4.78, 5) is 20.8. The van der Waals surface area contributed by atoms with Gasteiger partial charge >= 0.3 is 6.18 Å². The summed E-state index contributed by atoms with van der Waals surface area (Å²) in [5.74, 6) is -0.214. The number of nitrogens with zero attached hydrogens (tertiary/aromatic N) is 2. The number of aromatic nitrogens is 2. The van der Waals surface area contributed by atoms with E-state index in [0.29, 0.717) is 12.4 Å². The number of benzene rings is 1. The van der Waals surface area contributed by atoms with E-state index in [1.165, 1.54) is 25.3 Å². The third-order valence-corrected chi connectivity index (χ3v) is 4.15. The minimum Gasteiger partial charge on any atom is -0.365 e. The Morgan fingerprint density at radius 2 is 1.79 bits per heavy atom. The van der Waals surface area contributed by atoms with Crippen LogP contribution in [0.15, 0.2) is 61.1 Å². The first-order chi connectivity index (χ1) is 13.4. The van der Waals surface area contributed by atoms with Crippen LogP contribution >= 0.6 is 0 Å². The molecule has 28 heavy (non-hydrogen) atoms. The molecule has 0 radical (unpaired) electrons. The van der Waals surface area contributed by atoms with Gasteiger partial charge in [0.25, 0.3) is 5.91 Å². The van der Waals surface area contributed by atoms with Gasteiger partial charge in [-0.1, -0.05) is 6.07 Å². The smallest absolute Gasteiger partial charge is 0.365 e. The summed E-state index contributed by atoms with van der Waals surface area (Å²) in [6.45, 7) is 1.74. The van der Waals surface area contributed by atoms with Crippen molar-refractivity contribution in [2.45, 2.75) is 19.6 Å². The van der Waals surface area contributed by atoms with Crippen molar-refractivity contribution in [3.8, 4) is 0 Å². The van der Waals surface area contributed by atoms with E-state index in [1.807, 2.05) is 12.1 Å². The number of pyridine rings is 2. The van der Waals surface area contributed by atoms with Gasteiger partial charge < -0.3 is 10.6 Å². The van der Waals surface area contributed by atoms with Gasteiger partial charge in [0.05, 0.1) is 11.1 Å². The Balaban J connectivity index is 1.80. The fraction of sp³-hybridized carbons (Fsp3) is 0.150. The molecule has 3 rings (SSSR count). The van der Waals surface area contributed by atoms with Crippen LogP contribution in [0.25, 0.3) is 0 Å². The predicted octanol–water partition coefficient (Wildman–Crippen LogP) is 4.67. The Morgan fingerprint density at radius 3 is 2.50 bits per heavy atom. The zero-order chi connectivity index (χ0) is 20.1. The van der Waals surface area contributed by atoms with Gasteiger partial charge in [0.15, 0.2) is 0 Å². The molecule has 0 aliphatic carbocycles. The molecule has 1 aromatic carbocycles. The van der Waals surface area contributed by atoms with E-state index in [4.69, 9.17) is 0 Å². The molecule has 8 heteroatoms. The first-order valence-electron chi connectivity index (χ1n) is 8.42. The lowest BCUT2D eigenvalue weighted by molar-refractivity contribution is -0.138. The number of alkyl halides is 3. The highest BCUT2D eigenvalue weighted by molar-refractivity contribution is 6.07. The standard InChI is InChI=1S/C20H17F3N4O/c1-13-16(20(21,22)23)5-2-6-17(13)27-19(28)15-4-3-9-25-18(15)26-12-14-7-10-24-11-8-14/h2-11H,12H2,1H3,(H,25,26)(H,27,28). The molecule has 0 saturated heterocycles. The second-order valence-electron chi connectivity index (χ2n) is 6.04. The molecule has 1 amide bonds. The van der Waals surface area contributed by atoms with E-state index in [2.05, 4.69) is 20.6 Å². The molecule has 0 spiro atoms. The number of hydrogen-bond donors (Lipinski definition) is 2. The molecule has 0 bridgehead atoms. The predicted molar refractivity (Wildman–Crippen MR) is 99.9 cm³/mol. The molecular formula is C20H17F3N4O. The lowest BCUT2D eigenvalue weighted by atomic mass is 10.1. The van der Waals surface area contributed by atoms with E-state index < -0.39 is 17.6 Å². The van der Waals surface area contributed by atoms with Crippen molar-refractivity contribution in [3.05, 3.63) is 83.3 Å². The van der Waals surface area contributed by atoms with Crippen molar-refractivity contribution in [3.63, 3.8) is 0 Å². The van der Waals surface area contributed by atoms with Gasteiger partial charge in [-0.05, 0) is 54.4 Å². The Hall–Kier alpha value is -3.42. The minimum atomic E-state index is -4.49. The van der Waals surface area contributed by atoms with Crippen LogP contribution in [0.3, 0.4) is 0 Å². The maximum atomic E-state index is 13.1. The van der Waals surface area contributed by atoms with Gasteiger partial charge in [-0.25, -0.2) is 4.98 Å². The molecule has 0 saturated carbocycles. The molecule has 2 heterocycles. The van der Waals surface area contributed by atoms with E-state index in [0.717, 1.165) is 11.6 Å². The molecule has 0 fully saturated rings. The highest BCUT2D eigenvalue weighted by atomic mass is 19.4. The molecule has 2 N–H and O–H groups in total. The number of nitrogens with one attached hydrogen (secondary N) is 2. The van der Waals surface area contributed by atoms with Crippen molar-refractivity contribution in [2.75, 3.05) is 10.6 Å². The van der Waals surface area contributed by atoms with Crippen molar-refractivity contribution < 1.29 is 18.0 Å². The van der Waals surface area contributed by atoms with Gasteiger partial charge in [-0.3, -0.25) is 9.78 Å². The van der Waals surface area contributed by atoms with E-state index in [1.54, 1.807) is 24.5 Å². The Labute approximate surface area is 159 Å². The third kappa shape index (κ3) is 4.46. The summed E-state index contributed by atoms with van der Waals surface area (Å²) in [5.41, 5.74) is 0.448. The Morgan fingerprint density at radius 1 is 1.04 bits per heavy atom. The summed E-state index contributed by atoms with van der Waals surface area (Å²) in [7, 11) is 0. The number of anilines is 2. The first-order valence-corrected chi connectivity index (χ1v) is 8.42. The number of rotatable bonds is 5.